The van der Waals surface area contributed by atoms with Crippen molar-refractivity contribution in [3.05, 3.63) is 319 Å². The molecule has 0 radical (unpaired) electrons. The van der Waals surface area contributed by atoms with Gasteiger partial charge in [0.15, 0.2) is 0 Å². The minimum Gasteiger partial charge on any atom is -0.356 e. The molecule has 0 saturated carbocycles. The number of hydrogen-bond acceptors (Lipinski definition) is 40. The molecule has 0 aliphatic rings. The second kappa shape index (κ2) is 92.4. The molecule has 0 bridgehead atoms. The first-order valence-corrected chi connectivity index (χ1v) is 24.7. The van der Waals surface area contributed by atoms with Crippen LogP contribution in [0.5, 0.6) is 0 Å². The quantitative estimate of drug-likeness (QED) is 0.0799. The van der Waals surface area contributed by atoms with Crippen LogP contribution in [0.1, 0.15) is 0 Å². The second-order valence-corrected chi connectivity index (χ2v) is 14.0. The fourth-order valence-corrected chi connectivity index (χ4v) is 4.35. The average Bonchev–Trinajstić information content (AvgIpc) is 0.923. The van der Waals surface area contributed by atoms with Crippen molar-refractivity contribution in [2.75, 3.05) is 52.4 Å². The van der Waals surface area contributed by atoms with Crippen molar-refractivity contribution in [2.45, 2.75) is 0 Å². The number of pyridine rings is 8. The first-order chi connectivity index (χ1) is 45.4. The molecule has 8 rings (SSSR count). The Bertz CT molecular complexity index is 2420. The van der Waals surface area contributed by atoms with Crippen LogP contribution in [-0.4, -0.2) is 133 Å². The van der Waals surface area contributed by atoms with Crippen LogP contribution in [-0.2, 0) is 84.3 Å². The van der Waals surface area contributed by atoms with E-state index in [0.29, 0.717) is 52.4 Å². The maximum atomic E-state index is 8.25. The minimum absolute atomic E-state index is 0. The molecule has 52 heteroatoms. The normalized spacial score (nSPS) is 7.76. The topological polar surface area (TPSA) is 841 Å². The summed E-state index contributed by atoms with van der Waals surface area (Å²) in [4.78, 5) is 97.6. The van der Waals surface area contributed by atoms with Gasteiger partial charge in [0.2, 0.25) is 0 Å². The summed E-state index contributed by atoms with van der Waals surface area (Å²) in [5, 5.41) is 118. The van der Waals surface area contributed by atoms with Crippen molar-refractivity contribution in [1.29, 1.82) is 0 Å². The molecular weight excluding hydrogens is 2080 g/mol. The third kappa shape index (κ3) is 121. The Morgan fingerprint density at radius 3 is 0.270 bits per heavy atom. The summed E-state index contributed by atoms with van der Waals surface area (Å²) in [5.74, 6) is 0. The smallest absolute Gasteiger partial charge is 0.356 e. The van der Waals surface area contributed by atoms with E-state index in [1.807, 2.05) is 97.1 Å². The van der Waals surface area contributed by atoms with Crippen LogP contribution in [0, 0.1) is 123 Å². The molecule has 16 N–H and O–H groups in total. The summed E-state index contributed by atoms with van der Waals surface area (Å²) >= 11 is 0. The summed E-state index contributed by atoms with van der Waals surface area (Å²) in [7, 11) is 0. The fraction of sp³-hybridized carbons (Fsp3) is 0.167. The zero-order valence-electron chi connectivity index (χ0n) is 51.0. The molecule has 0 amide bonds. The summed E-state index contributed by atoms with van der Waals surface area (Å²) in [6, 6.07) is 31.7. The van der Waals surface area contributed by atoms with Gasteiger partial charge in [-0.15, -0.1) is 0 Å². The number of nitrogens with two attached hydrogens (primary N) is 8. The van der Waals surface area contributed by atoms with E-state index < -0.39 is 40.7 Å². The van der Waals surface area contributed by atoms with Gasteiger partial charge in [-0.2, -0.15) is 0 Å². The van der Waals surface area contributed by atoms with Gasteiger partial charge in [-0.1, -0.05) is 0 Å². The van der Waals surface area contributed by atoms with E-state index in [1.165, 1.54) is 44.5 Å². The number of aromatic nitrogens is 8. The van der Waals surface area contributed by atoms with E-state index in [9.17, 15) is 0 Å². The van der Waals surface area contributed by atoms with E-state index in [0.717, 1.165) is 0 Å². The molecule has 8 aromatic heterocycles. The largest absolute Gasteiger partial charge is 2.00 e. The Hall–Kier alpha value is -10.8. The van der Waals surface area contributed by atoms with Gasteiger partial charge in [0.05, 0.1) is 40.7 Å². The van der Waals surface area contributed by atoms with Crippen LogP contribution in [0.4, 0.5) is 0 Å². The van der Waals surface area contributed by atoms with Gasteiger partial charge in [0.1, 0.15) is 0 Å². The Labute approximate surface area is 622 Å². The molecule has 0 saturated heterocycles. The van der Waals surface area contributed by atoms with Gasteiger partial charge in [-0.25, -0.2) is 0 Å². The van der Waals surface area contributed by atoms with Crippen LogP contribution in [0.25, 0.3) is 44.5 Å². The van der Waals surface area contributed by atoms with Crippen molar-refractivity contribution in [1.82, 2.24) is 39.9 Å². The molecule has 0 fully saturated rings. The van der Waals surface area contributed by atoms with Crippen molar-refractivity contribution in [3.63, 3.8) is 0 Å². The number of hydrogen-bond donors (Lipinski definition) is 8. The van der Waals surface area contributed by atoms with E-state index in [4.69, 9.17) is 168 Å². The molecule has 0 aromatic carbocycles. The molecular formula is C48H64N24O24Pt4. The SMILES string of the molecule is NCCN.NCCN.NCCN.NCCN.O=[N+]([O-])[O-].O=[N+]([O-])[O-].O=[N+]([O-])[O-].O=[N+]([O-])[O-].O=[N+]([O-])[O-].O=[N+]([O-])[O-].O=[N+]([O-])[O-].O=[N+]([O-])[O-].[Pt+2].[Pt+2].[Pt+2].[Pt+2].c1cc(-c2ccncc2)ccn1.c1cc(-c2ccncc2)ccn1.c1cc(-c2ccncc2)ccn1.c1cc(-c2ccncc2)ccn1. The summed E-state index contributed by atoms with van der Waals surface area (Å²) in [5.41, 5.74) is 48.6. The van der Waals surface area contributed by atoms with Crippen LogP contribution in [0.3, 0.4) is 0 Å². The Kier molecular flexibility index (Phi) is 108. The summed E-state index contributed by atoms with van der Waals surface area (Å²) < 4.78 is 0. The molecule has 0 unspecified atom stereocenters. The van der Waals surface area contributed by atoms with Crippen LogP contribution in [0.15, 0.2) is 196 Å². The third-order valence-corrected chi connectivity index (χ3v) is 7.44. The van der Waals surface area contributed by atoms with Crippen molar-refractivity contribution >= 4 is 0 Å². The molecule has 8 aromatic rings. The van der Waals surface area contributed by atoms with Gasteiger partial charge >= 0.3 is 84.3 Å². The Morgan fingerprint density at radius 2 is 0.230 bits per heavy atom. The molecule has 0 aliphatic carbocycles. The number of rotatable bonds is 8. The molecule has 8 heterocycles. The zero-order valence-corrected chi connectivity index (χ0v) is 60.1. The van der Waals surface area contributed by atoms with E-state index in [-0.39, 0.29) is 84.3 Å². The molecule has 560 valence electrons. The van der Waals surface area contributed by atoms with E-state index in [1.54, 1.807) is 99.1 Å². The molecule has 0 atom stereocenters. The van der Waals surface area contributed by atoms with Gasteiger partial charge in [0, 0.05) is 152 Å². The molecule has 0 spiro atoms. The second-order valence-electron chi connectivity index (χ2n) is 14.0. The fourth-order valence-electron chi connectivity index (χ4n) is 4.35. The predicted molar refractivity (Wildman–Crippen MR) is 345 cm³/mol. The van der Waals surface area contributed by atoms with Crippen LogP contribution in [0.2, 0.25) is 0 Å². The zero-order chi connectivity index (χ0) is 75.2. The van der Waals surface area contributed by atoms with E-state index >= 15 is 0 Å². The Balaban J connectivity index is -0.0000000850. The van der Waals surface area contributed by atoms with Crippen molar-refractivity contribution < 1.29 is 125 Å². The maximum Gasteiger partial charge on any atom is 2.00 e. The first kappa shape index (κ1) is 116. The van der Waals surface area contributed by atoms with Crippen LogP contribution < -0.4 is 45.9 Å². The predicted octanol–water partition coefficient (Wildman–Crippen LogP) is 2.27. The molecule has 100 heavy (non-hydrogen) atoms. The van der Waals surface area contributed by atoms with Crippen molar-refractivity contribution in [3.8, 4) is 44.5 Å². The van der Waals surface area contributed by atoms with Gasteiger partial charge in [-0.05, 0) is 142 Å². The van der Waals surface area contributed by atoms with Gasteiger partial charge in [-0.3, -0.25) is 39.9 Å². The number of nitrogens with zero attached hydrogens (tertiary/aromatic N) is 16. The Morgan fingerprint density at radius 1 is 0.180 bits per heavy atom. The summed E-state index contributed by atoms with van der Waals surface area (Å²) in [6.45, 7) is 4.78. The standard InChI is InChI=1S/4C10H8N2.4C2H8N2.8NO3.4Pt/c4*1-5-11-6-2-9(1)10-3-7-12-8-4-10;4*3-1-2-4;8*2-1(3)4;;;;/h4*1-8H;4*1-4H2;;;;;;;;;;;;/q;;;;;;;;8*-1;4*+2. The van der Waals surface area contributed by atoms with Gasteiger partial charge < -0.3 is 168 Å². The van der Waals surface area contributed by atoms with Crippen molar-refractivity contribution in [2.24, 2.45) is 45.9 Å². The molecule has 0 aliphatic heterocycles. The third-order valence-electron chi connectivity index (χ3n) is 7.44. The van der Waals surface area contributed by atoms with Crippen LogP contribution >= 0.6 is 0 Å². The first-order valence-electron chi connectivity index (χ1n) is 24.7. The average molecular weight is 2140 g/mol. The molecule has 48 nitrogen and oxygen atoms in total. The van der Waals surface area contributed by atoms with Gasteiger partial charge in [0.25, 0.3) is 0 Å². The maximum absolute atomic E-state index is 8.25. The summed E-state index contributed by atoms with van der Waals surface area (Å²) in [6.07, 6.45) is 28.6. The van der Waals surface area contributed by atoms with E-state index in [2.05, 4.69) is 39.9 Å². The monoisotopic (exact) mass is 2140 g/mol. The minimum atomic E-state index is -1.75.